The molecule has 0 amide bonds. The zero-order valence-corrected chi connectivity index (χ0v) is 7.43. The molecule has 0 fully saturated rings. The van der Waals surface area contributed by atoms with Crippen LogP contribution in [0.2, 0.25) is 0 Å². The molecule has 0 saturated carbocycles. The van der Waals surface area contributed by atoms with Crippen LogP contribution in [0.5, 0.6) is 0 Å². The Morgan fingerprint density at radius 2 is 2.00 bits per heavy atom. The van der Waals surface area contributed by atoms with Crippen LogP contribution >= 0.6 is 0 Å². The third-order valence-corrected chi connectivity index (χ3v) is 1.61. The molecule has 0 bridgehead atoms. The van der Waals surface area contributed by atoms with E-state index in [0.717, 1.165) is 0 Å². The second-order valence-corrected chi connectivity index (χ2v) is 3.77. The Morgan fingerprint density at radius 1 is 1.54 bits per heavy atom. The summed E-state index contributed by atoms with van der Waals surface area (Å²) in [4.78, 5) is 10.6. The summed E-state index contributed by atoms with van der Waals surface area (Å²) in [6.45, 7) is 4.37. The Morgan fingerprint density at radius 3 is 2.31 bits per heavy atom. The van der Waals surface area contributed by atoms with Gasteiger partial charge in [-0.1, -0.05) is 6.58 Å². The van der Waals surface area contributed by atoms with Crippen LogP contribution in [0.4, 0.5) is 0 Å². The molecule has 0 aliphatic carbocycles. The normalized spacial score (nSPS) is 10.0. The van der Waals surface area contributed by atoms with Crippen molar-refractivity contribution in [1.82, 2.24) is 0 Å². The van der Waals surface area contributed by atoms with Crippen LogP contribution in [0.25, 0.3) is 0 Å². The number of ether oxygens (including phenoxy) is 1. The van der Waals surface area contributed by atoms with Crippen LogP contribution in [0.15, 0.2) is 12.2 Å². The van der Waals surface area contributed by atoms with Crippen molar-refractivity contribution >= 4 is 67.5 Å². The summed E-state index contributed by atoms with van der Waals surface area (Å²) in [5, 5.41) is 0. The fourth-order valence-electron chi connectivity index (χ4n) is 0.363. The number of hydrogen-bond donors (Lipinski definition) is 1. The third kappa shape index (κ3) is 10.7. The Hall–Kier alpha value is 0.756. The summed E-state index contributed by atoms with van der Waals surface area (Å²) in [5.74, 6) is -1.26. The molecule has 0 rings (SSSR count). The molecule has 0 unspecified atom stereocenters. The van der Waals surface area contributed by atoms with E-state index in [1.165, 1.54) is 6.92 Å². The fraction of sp³-hybridized carbons (Fsp3) is 0.500. The van der Waals surface area contributed by atoms with Crippen molar-refractivity contribution in [2.75, 3.05) is 12.4 Å². The first-order valence-electron chi connectivity index (χ1n) is 3.11. The maximum atomic E-state index is 10.6. The first-order chi connectivity index (χ1) is 5.33. The van der Waals surface area contributed by atoms with Crippen molar-refractivity contribution in [3.63, 3.8) is 0 Å². The molecule has 0 aliphatic rings. The molecule has 0 heterocycles. The molecule has 72 valence electrons. The molecular formula is C6H11KO5S. The van der Waals surface area contributed by atoms with Gasteiger partial charge >= 0.3 is 57.4 Å². The molecule has 5 nitrogen and oxygen atoms in total. The first kappa shape index (κ1) is 16.2. The van der Waals surface area contributed by atoms with Crippen molar-refractivity contribution < 1.29 is 22.5 Å². The van der Waals surface area contributed by atoms with Crippen LogP contribution in [0, 0.1) is 0 Å². The second kappa shape index (κ2) is 7.10. The molecule has 0 spiro atoms. The summed E-state index contributed by atoms with van der Waals surface area (Å²) in [7, 11) is -4.05. The van der Waals surface area contributed by atoms with Gasteiger partial charge in [-0.25, -0.2) is 4.79 Å². The van der Waals surface area contributed by atoms with Crippen molar-refractivity contribution in [2.24, 2.45) is 0 Å². The van der Waals surface area contributed by atoms with E-state index < -0.39 is 21.8 Å². The number of carbonyl (C=O) groups is 1. The average Bonchev–Trinajstić information content (AvgIpc) is 1.84. The minimum absolute atomic E-state index is 0. The topological polar surface area (TPSA) is 80.7 Å². The van der Waals surface area contributed by atoms with Gasteiger partial charge in [0.15, 0.2) is 0 Å². The van der Waals surface area contributed by atoms with E-state index in [0.29, 0.717) is 0 Å². The zero-order chi connectivity index (χ0) is 9.78. The zero-order valence-electron chi connectivity index (χ0n) is 6.61. The SMILES string of the molecule is C=C(C)C(=O)OCCS(=O)(=O)O.[KH]. The van der Waals surface area contributed by atoms with Crippen LogP contribution in [0.1, 0.15) is 6.92 Å². The van der Waals surface area contributed by atoms with Gasteiger partial charge in [0.25, 0.3) is 10.1 Å². The summed E-state index contributed by atoms with van der Waals surface area (Å²) < 4.78 is 32.9. The molecule has 7 heteroatoms. The average molecular weight is 234 g/mol. The molecular weight excluding hydrogens is 223 g/mol. The number of rotatable bonds is 4. The van der Waals surface area contributed by atoms with Crippen molar-refractivity contribution in [1.29, 1.82) is 0 Å². The summed E-state index contributed by atoms with van der Waals surface area (Å²) >= 11 is 0. The Kier molecular flexibility index (Phi) is 8.85. The van der Waals surface area contributed by atoms with Gasteiger partial charge in [0.05, 0.1) is 0 Å². The van der Waals surface area contributed by atoms with Gasteiger partial charge < -0.3 is 4.74 Å². The van der Waals surface area contributed by atoms with E-state index in [-0.39, 0.29) is 63.6 Å². The summed E-state index contributed by atoms with van der Waals surface area (Å²) in [6.07, 6.45) is 0. The van der Waals surface area contributed by atoms with Gasteiger partial charge in [0.2, 0.25) is 0 Å². The van der Waals surface area contributed by atoms with Crippen LogP contribution in [-0.2, 0) is 19.6 Å². The van der Waals surface area contributed by atoms with Gasteiger partial charge in [-0.2, -0.15) is 8.42 Å². The number of hydrogen-bond acceptors (Lipinski definition) is 4. The van der Waals surface area contributed by atoms with Gasteiger partial charge in [-0.3, -0.25) is 4.55 Å². The number of esters is 1. The van der Waals surface area contributed by atoms with E-state index in [4.69, 9.17) is 4.55 Å². The Labute approximate surface area is 120 Å². The van der Waals surface area contributed by atoms with Crippen LogP contribution < -0.4 is 0 Å². The molecule has 13 heavy (non-hydrogen) atoms. The van der Waals surface area contributed by atoms with Crippen molar-refractivity contribution in [3.8, 4) is 0 Å². The molecule has 0 saturated heterocycles. The molecule has 0 aromatic carbocycles. The van der Waals surface area contributed by atoms with Gasteiger partial charge in [-0.15, -0.1) is 0 Å². The molecule has 1 N–H and O–H groups in total. The van der Waals surface area contributed by atoms with Gasteiger partial charge in [0.1, 0.15) is 12.4 Å². The van der Waals surface area contributed by atoms with Crippen LogP contribution in [0.3, 0.4) is 0 Å². The van der Waals surface area contributed by atoms with Crippen LogP contribution in [-0.4, -0.2) is 82.7 Å². The van der Waals surface area contributed by atoms with E-state index in [9.17, 15) is 13.2 Å². The monoisotopic (exact) mass is 234 g/mol. The van der Waals surface area contributed by atoms with E-state index in [1.807, 2.05) is 0 Å². The maximum absolute atomic E-state index is 10.6. The van der Waals surface area contributed by atoms with Crippen molar-refractivity contribution in [2.45, 2.75) is 6.92 Å². The summed E-state index contributed by atoms with van der Waals surface area (Å²) in [5.41, 5.74) is 0.185. The van der Waals surface area contributed by atoms with Gasteiger partial charge in [0, 0.05) is 5.57 Å². The predicted octanol–water partition coefficient (Wildman–Crippen LogP) is -0.655. The number of carbonyl (C=O) groups excluding carboxylic acids is 1. The molecule has 0 aliphatic heterocycles. The van der Waals surface area contributed by atoms with E-state index >= 15 is 0 Å². The molecule has 0 aromatic rings. The molecule has 0 atom stereocenters. The quantitative estimate of drug-likeness (QED) is 0.302. The predicted molar refractivity (Wildman–Crippen MR) is 49.3 cm³/mol. The minimum atomic E-state index is -4.05. The fourth-order valence-corrected chi connectivity index (χ4v) is 0.657. The van der Waals surface area contributed by atoms with Gasteiger partial charge in [-0.05, 0) is 6.92 Å². The molecule has 0 aromatic heterocycles. The second-order valence-electron chi connectivity index (χ2n) is 2.20. The Bertz CT molecular complexity index is 281. The van der Waals surface area contributed by atoms with E-state index in [2.05, 4.69) is 11.3 Å². The summed E-state index contributed by atoms with van der Waals surface area (Å²) in [6, 6.07) is 0. The third-order valence-electron chi connectivity index (χ3n) is 0.923. The first-order valence-corrected chi connectivity index (χ1v) is 4.71. The standard InChI is InChI=1S/C6H10O5S.K.H/c1-5(2)6(7)11-3-4-12(8,9)10;;/h1,3-4H2,2H3,(H,8,9,10);;. The molecule has 0 radical (unpaired) electrons. The Balaban J connectivity index is 0. The van der Waals surface area contributed by atoms with E-state index in [1.54, 1.807) is 0 Å². The van der Waals surface area contributed by atoms with Crippen molar-refractivity contribution in [3.05, 3.63) is 12.2 Å².